The van der Waals surface area contributed by atoms with Crippen LogP contribution in [0.25, 0.3) is 10.4 Å². The summed E-state index contributed by atoms with van der Waals surface area (Å²) < 4.78 is 5.65. The topological polar surface area (TPSA) is 59.1 Å². The molecule has 1 aliphatic heterocycles. The molecule has 1 aromatic carbocycles. The minimum atomic E-state index is 0.497. The Hall–Kier alpha value is -2.28. The average Bonchev–Trinajstić information content (AvgIpc) is 2.98. The predicted molar refractivity (Wildman–Crippen MR) is 106 cm³/mol. The molecule has 5 nitrogen and oxygen atoms in total. The van der Waals surface area contributed by atoms with Crippen molar-refractivity contribution in [3.8, 4) is 10.4 Å². The molecule has 2 N–H and O–H groups in total. The van der Waals surface area contributed by atoms with Crippen LogP contribution in [0, 0.1) is 5.92 Å². The van der Waals surface area contributed by atoms with Gasteiger partial charge in [0, 0.05) is 25.5 Å². The van der Waals surface area contributed by atoms with Crippen molar-refractivity contribution in [3.05, 3.63) is 60.4 Å². The molecule has 1 atom stereocenters. The zero-order valence-corrected chi connectivity index (χ0v) is 15.3. The molecule has 0 amide bonds. The van der Waals surface area contributed by atoms with Crippen LogP contribution in [0.15, 0.2) is 54.9 Å². The highest BCUT2D eigenvalue weighted by Gasteiger charge is 2.13. The zero-order valence-electron chi connectivity index (χ0n) is 14.5. The van der Waals surface area contributed by atoms with Gasteiger partial charge in [0.25, 0.3) is 0 Å². The third-order valence-electron chi connectivity index (χ3n) is 4.36. The van der Waals surface area contributed by atoms with Gasteiger partial charge in [-0.3, -0.25) is 0 Å². The maximum absolute atomic E-state index is 5.65. The molecule has 2 aromatic heterocycles. The molecule has 0 saturated carbocycles. The highest BCUT2D eigenvalue weighted by Crippen LogP contribution is 2.30. The van der Waals surface area contributed by atoms with E-state index in [9.17, 15) is 0 Å². The monoisotopic (exact) mass is 366 g/mol. The van der Waals surface area contributed by atoms with Crippen molar-refractivity contribution in [2.75, 3.05) is 31.6 Å². The van der Waals surface area contributed by atoms with E-state index in [0.717, 1.165) is 48.6 Å². The number of hydrogen-bond donors (Lipinski definition) is 2. The van der Waals surface area contributed by atoms with Crippen molar-refractivity contribution in [3.63, 3.8) is 0 Å². The van der Waals surface area contributed by atoms with E-state index >= 15 is 0 Å². The van der Waals surface area contributed by atoms with Gasteiger partial charge in [-0.15, -0.1) is 0 Å². The molecule has 0 spiro atoms. The van der Waals surface area contributed by atoms with Crippen molar-refractivity contribution in [1.29, 1.82) is 0 Å². The normalized spacial score (nSPS) is 17.6. The van der Waals surface area contributed by atoms with Gasteiger partial charge in [0.1, 0.15) is 5.82 Å². The molecule has 0 aliphatic carbocycles. The third kappa shape index (κ3) is 4.46. The minimum Gasteiger partial charge on any atom is -0.380 e. The summed E-state index contributed by atoms with van der Waals surface area (Å²) in [5.41, 5.74) is 2.44. The SMILES string of the molecule is c1ccc(-c2cnc(Nc3cc(CC4CNCCOC4)ccn3)s2)cc1. The highest BCUT2D eigenvalue weighted by molar-refractivity contribution is 7.18. The lowest BCUT2D eigenvalue weighted by Crippen LogP contribution is -2.24. The summed E-state index contributed by atoms with van der Waals surface area (Å²) in [5, 5.41) is 7.61. The summed E-state index contributed by atoms with van der Waals surface area (Å²) in [4.78, 5) is 10.1. The van der Waals surface area contributed by atoms with Crippen LogP contribution in [0.1, 0.15) is 5.56 Å². The number of anilines is 2. The molecule has 1 saturated heterocycles. The summed E-state index contributed by atoms with van der Waals surface area (Å²) in [7, 11) is 0. The number of nitrogens with one attached hydrogen (secondary N) is 2. The highest BCUT2D eigenvalue weighted by atomic mass is 32.1. The number of ether oxygens (including phenoxy) is 1. The van der Waals surface area contributed by atoms with Crippen LogP contribution in [0.3, 0.4) is 0 Å². The largest absolute Gasteiger partial charge is 0.380 e. The van der Waals surface area contributed by atoms with E-state index < -0.39 is 0 Å². The first-order valence-corrected chi connectivity index (χ1v) is 9.70. The van der Waals surface area contributed by atoms with Crippen LogP contribution < -0.4 is 10.6 Å². The average molecular weight is 366 g/mol. The van der Waals surface area contributed by atoms with Crippen molar-refractivity contribution in [2.24, 2.45) is 5.92 Å². The number of benzene rings is 1. The Morgan fingerprint density at radius 3 is 3.04 bits per heavy atom. The number of thiazole rings is 1. The molecule has 3 heterocycles. The fourth-order valence-electron chi connectivity index (χ4n) is 3.07. The molecule has 3 aromatic rings. The van der Waals surface area contributed by atoms with Gasteiger partial charge in [-0.2, -0.15) is 0 Å². The smallest absolute Gasteiger partial charge is 0.188 e. The molecule has 6 heteroatoms. The van der Waals surface area contributed by atoms with E-state index in [-0.39, 0.29) is 0 Å². The van der Waals surface area contributed by atoms with E-state index in [1.165, 1.54) is 11.1 Å². The van der Waals surface area contributed by atoms with Crippen LogP contribution in [0.5, 0.6) is 0 Å². The minimum absolute atomic E-state index is 0.497. The lowest BCUT2D eigenvalue weighted by molar-refractivity contribution is 0.123. The Balaban J connectivity index is 1.43. The number of rotatable bonds is 5. The van der Waals surface area contributed by atoms with E-state index in [0.29, 0.717) is 5.92 Å². The Morgan fingerprint density at radius 2 is 2.12 bits per heavy atom. The van der Waals surface area contributed by atoms with Crippen molar-refractivity contribution in [1.82, 2.24) is 15.3 Å². The van der Waals surface area contributed by atoms with Crippen molar-refractivity contribution >= 4 is 22.3 Å². The standard InChI is InChI=1S/C20H22N4OS/c1-2-4-17(5-3-1)18-13-23-20(26-18)24-19-11-15(6-7-22-19)10-16-12-21-8-9-25-14-16/h1-7,11,13,16,21H,8-10,12,14H2,(H,22,23,24). The van der Waals surface area contributed by atoms with Crippen LogP contribution in [0.2, 0.25) is 0 Å². The summed E-state index contributed by atoms with van der Waals surface area (Å²) in [6.07, 6.45) is 4.74. The first kappa shape index (κ1) is 17.1. The molecular weight excluding hydrogens is 344 g/mol. The lowest BCUT2D eigenvalue weighted by Gasteiger charge is -2.14. The summed E-state index contributed by atoms with van der Waals surface area (Å²) in [6.45, 7) is 3.55. The number of nitrogens with zero attached hydrogens (tertiary/aromatic N) is 2. The Bertz CT molecular complexity index is 829. The second kappa shape index (κ2) is 8.40. The van der Waals surface area contributed by atoms with Gasteiger partial charge >= 0.3 is 0 Å². The molecule has 4 rings (SSSR count). The fraction of sp³-hybridized carbons (Fsp3) is 0.300. The molecule has 26 heavy (non-hydrogen) atoms. The van der Waals surface area contributed by atoms with Gasteiger partial charge < -0.3 is 15.4 Å². The first-order chi connectivity index (χ1) is 12.9. The van der Waals surface area contributed by atoms with Gasteiger partial charge in [-0.05, 0) is 35.6 Å². The van der Waals surface area contributed by atoms with E-state index in [4.69, 9.17) is 4.74 Å². The van der Waals surface area contributed by atoms with Crippen LogP contribution in [-0.2, 0) is 11.2 Å². The van der Waals surface area contributed by atoms with E-state index in [1.54, 1.807) is 11.3 Å². The second-order valence-electron chi connectivity index (χ2n) is 6.42. The first-order valence-electron chi connectivity index (χ1n) is 8.88. The quantitative estimate of drug-likeness (QED) is 0.721. The molecule has 0 bridgehead atoms. The van der Waals surface area contributed by atoms with Crippen LogP contribution >= 0.6 is 11.3 Å². The number of pyridine rings is 1. The third-order valence-corrected chi connectivity index (χ3v) is 5.32. The second-order valence-corrected chi connectivity index (χ2v) is 7.45. The summed E-state index contributed by atoms with van der Waals surface area (Å²) in [5.74, 6) is 1.33. The zero-order chi connectivity index (χ0) is 17.6. The van der Waals surface area contributed by atoms with Crippen molar-refractivity contribution in [2.45, 2.75) is 6.42 Å². The maximum Gasteiger partial charge on any atom is 0.188 e. The molecule has 1 aliphatic rings. The Morgan fingerprint density at radius 1 is 1.19 bits per heavy atom. The number of hydrogen-bond acceptors (Lipinski definition) is 6. The fourth-order valence-corrected chi connectivity index (χ4v) is 3.90. The molecule has 1 fully saturated rings. The van der Waals surface area contributed by atoms with E-state index in [1.807, 2.05) is 30.6 Å². The summed E-state index contributed by atoms with van der Waals surface area (Å²) >= 11 is 1.63. The predicted octanol–water partition coefficient (Wildman–Crippen LogP) is 3.73. The van der Waals surface area contributed by atoms with Gasteiger partial charge in [0.15, 0.2) is 5.13 Å². The van der Waals surface area contributed by atoms with Gasteiger partial charge in [0.2, 0.25) is 0 Å². The molecule has 134 valence electrons. The maximum atomic E-state index is 5.65. The van der Waals surface area contributed by atoms with Gasteiger partial charge in [-0.1, -0.05) is 41.7 Å². The molecular formula is C20H22N4OS. The Kier molecular flexibility index (Phi) is 5.54. The lowest BCUT2D eigenvalue weighted by atomic mass is 10.0. The van der Waals surface area contributed by atoms with E-state index in [2.05, 4.69) is 44.9 Å². The van der Waals surface area contributed by atoms with Crippen LogP contribution in [-0.4, -0.2) is 36.3 Å². The van der Waals surface area contributed by atoms with Gasteiger partial charge in [-0.25, -0.2) is 9.97 Å². The summed E-state index contributed by atoms with van der Waals surface area (Å²) in [6, 6.07) is 14.5. The molecule has 1 unspecified atom stereocenters. The number of aromatic nitrogens is 2. The Labute approximate surface area is 157 Å². The van der Waals surface area contributed by atoms with Crippen LogP contribution in [0.4, 0.5) is 10.9 Å². The van der Waals surface area contributed by atoms with Crippen molar-refractivity contribution < 1.29 is 4.74 Å². The molecule has 0 radical (unpaired) electrons. The van der Waals surface area contributed by atoms with Gasteiger partial charge in [0.05, 0.1) is 18.1 Å².